The Morgan fingerprint density at radius 1 is 1.38 bits per heavy atom. The lowest BCUT2D eigenvalue weighted by Gasteiger charge is -2.36. The minimum Gasteiger partial charge on any atom is -0.492 e. The van der Waals surface area contributed by atoms with Crippen molar-refractivity contribution in [1.82, 2.24) is 10.6 Å². The van der Waals surface area contributed by atoms with Gasteiger partial charge in [0.25, 0.3) is 0 Å². The molecule has 0 saturated carbocycles. The van der Waals surface area contributed by atoms with Crippen molar-refractivity contribution >= 4 is 5.91 Å². The molecule has 1 aromatic rings. The van der Waals surface area contributed by atoms with Gasteiger partial charge in [-0.15, -0.1) is 0 Å². The van der Waals surface area contributed by atoms with Gasteiger partial charge in [0.15, 0.2) is 0 Å². The molecule has 2 N–H and O–H groups in total. The summed E-state index contributed by atoms with van der Waals surface area (Å²) in [6, 6.07) is 9.66. The first-order valence-corrected chi connectivity index (χ1v) is 7.77. The molecule has 0 bridgehead atoms. The van der Waals surface area contributed by atoms with Crippen molar-refractivity contribution in [2.75, 3.05) is 26.2 Å². The molecule has 1 saturated heterocycles. The quantitative estimate of drug-likeness (QED) is 0.790. The van der Waals surface area contributed by atoms with Crippen molar-refractivity contribution in [3.63, 3.8) is 0 Å². The van der Waals surface area contributed by atoms with Crippen molar-refractivity contribution in [2.24, 2.45) is 11.3 Å². The van der Waals surface area contributed by atoms with Gasteiger partial charge in [-0.25, -0.2) is 0 Å². The molecule has 1 unspecified atom stereocenters. The number of nitrogens with one attached hydrogen (secondary N) is 2. The van der Waals surface area contributed by atoms with E-state index in [0.29, 0.717) is 19.1 Å². The number of benzene rings is 1. The number of hydrogen-bond donors (Lipinski definition) is 2. The summed E-state index contributed by atoms with van der Waals surface area (Å²) in [6.45, 7) is 7.11. The van der Waals surface area contributed by atoms with Crippen LogP contribution in [0.3, 0.4) is 0 Å². The SMILES string of the molecule is CC(C)(C(=O)NCCOc1ccccc1)C1CCCNC1. The molecule has 4 heteroatoms. The van der Waals surface area contributed by atoms with Crippen molar-refractivity contribution in [3.8, 4) is 5.75 Å². The first-order chi connectivity index (χ1) is 10.1. The Labute approximate surface area is 127 Å². The largest absolute Gasteiger partial charge is 0.492 e. The lowest BCUT2D eigenvalue weighted by atomic mass is 9.74. The van der Waals surface area contributed by atoms with Crippen LogP contribution in [0.15, 0.2) is 30.3 Å². The summed E-state index contributed by atoms with van der Waals surface area (Å²) < 4.78 is 5.59. The van der Waals surface area contributed by atoms with Crippen LogP contribution < -0.4 is 15.4 Å². The Morgan fingerprint density at radius 3 is 2.81 bits per heavy atom. The lowest BCUT2D eigenvalue weighted by Crippen LogP contribution is -2.48. The van der Waals surface area contributed by atoms with Crippen LogP contribution in [0.5, 0.6) is 5.75 Å². The van der Waals surface area contributed by atoms with Crippen molar-refractivity contribution in [2.45, 2.75) is 26.7 Å². The molecule has 0 aliphatic carbocycles. The third-order valence-corrected chi connectivity index (χ3v) is 4.30. The third-order valence-electron chi connectivity index (χ3n) is 4.30. The Kier molecular flexibility index (Phi) is 5.62. The van der Waals surface area contributed by atoms with Gasteiger partial charge in [0.2, 0.25) is 5.91 Å². The van der Waals surface area contributed by atoms with E-state index in [4.69, 9.17) is 4.74 Å². The normalized spacial score (nSPS) is 19.0. The van der Waals surface area contributed by atoms with E-state index in [-0.39, 0.29) is 11.3 Å². The molecule has 1 heterocycles. The van der Waals surface area contributed by atoms with Gasteiger partial charge >= 0.3 is 0 Å². The van der Waals surface area contributed by atoms with E-state index in [2.05, 4.69) is 10.6 Å². The predicted molar refractivity (Wildman–Crippen MR) is 84.3 cm³/mol. The zero-order chi connectivity index (χ0) is 15.1. The molecule has 1 aliphatic rings. The van der Waals surface area contributed by atoms with Gasteiger partial charge in [-0.1, -0.05) is 32.0 Å². The summed E-state index contributed by atoms with van der Waals surface area (Å²) in [7, 11) is 0. The van der Waals surface area contributed by atoms with E-state index >= 15 is 0 Å². The van der Waals surface area contributed by atoms with Crippen LogP contribution in [0, 0.1) is 11.3 Å². The Hall–Kier alpha value is -1.55. The molecule has 0 radical (unpaired) electrons. The number of rotatable bonds is 6. The Bertz CT molecular complexity index is 439. The van der Waals surface area contributed by atoms with E-state index in [1.165, 1.54) is 0 Å². The van der Waals surface area contributed by atoms with Crippen LogP contribution in [0.2, 0.25) is 0 Å². The minimum atomic E-state index is -0.333. The highest BCUT2D eigenvalue weighted by atomic mass is 16.5. The highest BCUT2D eigenvalue weighted by molar-refractivity contribution is 5.82. The summed E-state index contributed by atoms with van der Waals surface area (Å²) in [5, 5.41) is 6.38. The highest BCUT2D eigenvalue weighted by Gasteiger charge is 2.36. The number of hydrogen-bond acceptors (Lipinski definition) is 3. The molecular formula is C17H26N2O2. The molecule has 1 amide bonds. The van der Waals surface area contributed by atoms with Crippen molar-refractivity contribution < 1.29 is 9.53 Å². The molecule has 0 spiro atoms. The third kappa shape index (κ3) is 4.46. The highest BCUT2D eigenvalue weighted by Crippen LogP contribution is 2.31. The van der Waals surface area contributed by atoms with Gasteiger partial charge < -0.3 is 15.4 Å². The van der Waals surface area contributed by atoms with Gasteiger partial charge in [-0.05, 0) is 44.0 Å². The number of ether oxygens (including phenoxy) is 1. The topological polar surface area (TPSA) is 50.4 Å². The molecule has 0 aromatic heterocycles. The maximum Gasteiger partial charge on any atom is 0.226 e. The van der Waals surface area contributed by atoms with Crippen LogP contribution >= 0.6 is 0 Å². The fourth-order valence-electron chi connectivity index (χ4n) is 2.73. The molecule has 2 rings (SSSR count). The van der Waals surface area contributed by atoms with Crippen LogP contribution in [0.25, 0.3) is 0 Å². The van der Waals surface area contributed by atoms with Crippen LogP contribution in [0.1, 0.15) is 26.7 Å². The van der Waals surface area contributed by atoms with E-state index < -0.39 is 0 Å². The van der Waals surface area contributed by atoms with Crippen molar-refractivity contribution in [1.29, 1.82) is 0 Å². The average Bonchev–Trinajstić information content (AvgIpc) is 2.53. The Balaban J connectivity index is 1.73. The number of carbonyl (C=O) groups is 1. The summed E-state index contributed by atoms with van der Waals surface area (Å²) >= 11 is 0. The van der Waals surface area contributed by atoms with Crippen LogP contribution in [-0.2, 0) is 4.79 Å². The standard InChI is InChI=1S/C17H26N2O2/c1-17(2,14-7-6-10-18-13-14)16(20)19-11-12-21-15-8-4-3-5-9-15/h3-5,8-9,14,18H,6-7,10-13H2,1-2H3,(H,19,20). The second-order valence-corrected chi connectivity index (χ2v) is 6.18. The molecule has 4 nitrogen and oxygen atoms in total. The van der Waals surface area contributed by atoms with Crippen molar-refractivity contribution in [3.05, 3.63) is 30.3 Å². The number of para-hydroxylation sites is 1. The summed E-state index contributed by atoms with van der Waals surface area (Å²) in [6.07, 6.45) is 2.27. The summed E-state index contributed by atoms with van der Waals surface area (Å²) in [5.74, 6) is 1.36. The molecule has 21 heavy (non-hydrogen) atoms. The molecule has 116 valence electrons. The first-order valence-electron chi connectivity index (χ1n) is 7.77. The zero-order valence-corrected chi connectivity index (χ0v) is 13.0. The van der Waals surface area contributed by atoms with Crippen LogP contribution in [-0.4, -0.2) is 32.1 Å². The fraction of sp³-hybridized carbons (Fsp3) is 0.588. The molecular weight excluding hydrogens is 264 g/mol. The number of amides is 1. The monoisotopic (exact) mass is 290 g/mol. The maximum atomic E-state index is 12.4. The molecule has 1 atom stereocenters. The second-order valence-electron chi connectivity index (χ2n) is 6.18. The van der Waals surface area contributed by atoms with Gasteiger partial charge in [0.1, 0.15) is 12.4 Å². The van der Waals surface area contributed by atoms with Crippen LogP contribution in [0.4, 0.5) is 0 Å². The van der Waals surface area contributed by atoms with Gasteiger partial charge in [-0.2, -0.15) is 0 Å². The van der Waals surface area contributed by atoms with E-state index in [1.54, 1.807) is 0 Å². The summed E-state index contributed by atoms with van der Waals surface area (Å²) in [5.41, 5.74) is -0.333. The van der Waals surface area contributed by atoms with Gasteiger partial charge in [0.05, 0.1) is 6.54 Å². The molecule has 1 fully saturated rings. The molecule has 1 aliphatic heterocycles. The number of piperidine rings is 1. The Morgan fingerprint density at radius 2 is 2.14 bits per heavy atom. The fourth-order valence-corrected chi connectivity index (χ4v) is 2.73. The maximum absolute atomic E-state index is 12.4. The summed E-state index contributed by atoms with van der Waals surface area (Å²) in [4.78, 5) is 12.4. The van der Waals surface area contributed by atoms with E-state index in [0.717, 1.165) is 31.7 Å². The average molecular weight is 290 g/mol. The van der Waals surface area contributed by atoms with E-state index in [1.807, 2.05) is 44.2 Å². The zero-order valence-electron chi connectivity index (χ0n) is 13.0. The van der Waals surface area contributed by atoms with Gasteiger partial charge in [-0.3, -0.25) is 4.79 Å². The number of carbonyl (C=O) groups excluding carboxylic acids is 1. The minimum absolute atomic E-state index is 0.118. The van der Waals surface area contributed by atoms with Gasteiger partial charge in [0, 0.05) is 5.41 Å². The van der Waals surface area contributed by atoms with E-state index in [9.17, 15) is 4.79 Å². The predicted octanol–water partition coefficient (Wildman–Crippen LogP) is 2.21. The lowest BCUT2D eigenvalue weighted by molar-refractivity contribution is -0.132. The molecule has 1 aromatic carbocycles. The second kappa shape index (κ2) is 7.46. The smallest absolute Gasteiger partial charge is 0.226 e. The first kappa shape index (κ1) is 15.8.